The molecule has 1 aliphatic carbocycles. The second-order valence-electron chi connectivity index (χ2n) is 9.11. The number of sulfonamides is 1. The predicted molar refractivity (Wildman–Crippen MR) is 146 cm³/mol. The standard InChI is InChI=1S/C26H34BrN5O2S/c1-3-32(4-2)25-21-9-5-7-11-23(21)30-26(31-25)28-17-19-13-15-20(16-14-19)18-29-35(33,34)24-12-8-6-10-22(24)27/h5-12,19-20,29H,3-4,13-18H2,1-2H3,(H,28,30,31). The van der Waals surface area contributed by atoms with Crippen molar-refractivity contribution in [2.75, 3.05) is 36.4 Å². The zero-order chi connectivity index (χ0) is 24.8. The Kier molecular flexibility index (Phi) is 8.62. The number of nitrogens with zero attached hydrogens (tertiary/aromatic N) is 3. The Bertz CT molecular complexity index is 1240. The van der Waals surface area contributed by atoms with Crippen molar-refractivity contribution in [1.29, 1.82) is 0 Å². The summed E-state index contributed by atoms with van der Waals surface area (Å²) < 4.78 is 28.7. The van der Waals surface area contributed by atoms with Gasteiger partial charge in [0.15, 0.2) is 0 Å². The molecule has 3 aromatic rings. The number of benzene rings is 2. The van der Waals surface area contributed by atoms with E-state index in [0.29, 0.717) is 28.8 Å². The van der Waals surface area contributed by atoms with Crippen LogP contribution in [-0.4, -0.2) is 44.6 Å². The zero-order valence-corrected chi connectivity index (χ0v) is 22.8. The molecule has 0 unspecified atom stereocenters. The van der Waals surface area contributed by atoms with E-state index in [4.69, 9.17) is 9.97 Å². The number of anilines is 2. The van der Waals surface area contributed by atoms with Crippen LogP contribution in [0.25, 0.3) is 10.9 Å². The molecule has 1 aliphatic rings. The van der Waals surface area contributed by atoms with E-state index in [9.17, 15) is 8.42 Å². The SMILES string of the molecule is CCN(CC)c1nc(NCC2CCC(CNS(=O)(=O)c3ccccc3Br)CC2)nc2ccccc12. The number of hydrogen-bond acceptors (Lipinski definition) is 6. The van der Waals surface area contributed by atoms with Gasteiger partial charge in [-0.1, -0.05) is 24.3 Å². The molecule has 4 rings (SSSR count). The van der Waals surface area contributed by atoms with Gasteiger partial charge in [-0.3, -0.25) is 0 Å². The molecule has 35 heavy (non-hydrogen) atoms. The molecular formula is C26H34BrN5O2S. The minimum Gasteiger partial charge on any atom is -0.356 e. The fraction of sp³-hybridized carbons (Fsp3) is 0.462. The van der Waals surface area contributed by atoms with Crippen LogP contribution in [0.15, 0.2) is 57.9 Å². The highest BCUT2D eigenvalue weighted by Crippen LogP contribution is 2.30. The second-order valence-corrected chi connectivity index (χ2v) is 11.7. The summed E-state index contributed by atoms with van der Waals surface area (Å²) >= 11 is 3.34. The van der Waals surface area contributed by atoms with Crippen molar-refractivity contribution in [2.24, 2.45) is 11.8 Å². The van der Waals surface area contributed by atoms with Gasteiger partial charge in [-0.2, -0.15) is 4.98 Å². The lowest BCUT2D eigenvalue weighted by atomic mass is 9.82. The van der Waals surface area contributed by atoms with Gasteiger partial charge in [0, 0.05) is 36.0 Å². The van der Waals surface area contributed by atoms with Crippen molar-refractivity contribution in [3.63, 3.8) is 0 Å². The molecule has 0 saturated heterocycles. The fourth-order valence-electron chi connectivity index (χ4n) is 4.75. The van der Waals surface area contributed by atoms with Crippen LogP contribution in [-0.2, 0) is 10.0 Å². The summed E-state index contributed by atoms with van der Waals surface area (Å²) in [6.45, 7) is 7.38. The summed E-state index contributed by atoms with van der Waals surface area (Å²) in [7, 11) is -3.51. The monoisotopic (exact) mass is 559 g/mol. The Labute approximate surface area is 216 Å². The van der Waals surface area contributed by atoms with Crippen LogP contribution in [0.1, 0.15) is 39.5 Å². The maximum absolute atomic E-state index is 12.7. The molecule has 9 heteroatoms. The molecule has 188 valence electrons. The Morgan fingerprint density at radius 2 is 1.54 bits per heavy atom. The summed E-state index contributed by atoms with van der Waals surface area (Å²) in [5.74, 6) is 2.53. The normalized spacial score (nSPS) is 18.5. The Morgan fingerprint density at radius 1 is 0.914 bits per heavy atom. The molecular weight excluding hydrogens is 526 g/mol. The maximum Gasteiger partial charge on any atom is 0.241 e. The molecule has 0 bridgehead atoms. The summed E-state index contributed by atoms with van der Waals surface area (Å²) in [6.07, 6.45) is 4.14. The first-order chi connectivity index (χ1) is 16.9. The van der Waals surface area contributed by atoms with Crippen LogP contribution in [0.4, 0.5) is 11.8 Å². The van der Waals surface area contributed by atoms with Crippen molar-refractivity contribution < 1.29 is 8.42 Å². The highest BCUT2D eigenvalue weighted by Gasteiger charge is 2.24. The molecule has 0 aliphatic heterocycles. The predicted octanol–water partition coefficient (Wildman–Crippen LogP) is 5.44. The number of para-hydroxylation sites is 1. The lowest BCUT2D eigenvalue weighted by Crippen LogP contribution is -2.32. The van der Waals surface area contributed by atoms with Gasteiger partial charge >= 0.3 is 0 Å². The third-order valence-electron chi connectivity index (χ3n) is 6.85. The van der Waals surface area contributed by atoms with Gasteiger partial charge in [0.2, 0.25) is 16.0 Å². The van der Waals surface area contributed by atoms with Crippen LogP contribution in [0.5, 0.6) is 0 Å². The van der Waals surface area contributed by atoms with Gasteiger partial charge < -0.3 is 10.2 Å². The first-order valence-electron chi connectivity index (χ1n) is 12.4. The first kappa shape index (κ1) is 25.9. The van der Waals surface area contributed by atoms with E-state index in [0.717, 1.165) is 62.0 Å². The van der Waals surface area contributed by atoms with Crippen molar-refractivity contribution in [3.05, 3.63) is 53.0 Å². The maximum atomic E-state index is 12.7. The minimum absolute atomic E-state index is 0.289. The molecule has 0 amide bonds. The van der Waals surface area contributed by atoms with E-state index < -0.39 is 10.0 Å². The quantitative estimate of drug-likeness (QED) is 0.344. The topological polar surface area (TPSA) is 87.2 Å². The van der Waals surface area contributed by atoms with Gasteiger partial charge in [0.25, 0.3) is 0 Å². The molecule has 2 aromatic carbocycles. The number of fused-ring (bicyclic) bond motifs is 1. The van der Waals surface area contributed by atoms with E-state index in [-0.39, 0.29) is 4.90 Å². The average molecular weight is 561 g/mol. The molecule has 1 aromatic heterocycles. The third-order valence-corrected chi connectivity index (χ3v) is 9.29. The highest BCUT2D eigenvalue weighted by molar-refractivity contribution is 9.10. The van der Waals surface area contributed by atoms with E-state index in [1.165, 1.54) is 0 Å². The average Bonchev–Trinajstić information content (AvgIpc) is 2.88. The van der Waals surface area contributed by atoms with E-state index in [2.05, 4.69) is 50.8 Å². The Morgan fingerprint density at radius 3 is 2.23 bits per heavy atom. The van der Waals surface area contributed by atoms with E-state index in [1.54, 1.807) is 18.2 Å². The van der Waals surface area contributed by atoms with Crippen molar-refractivity contribution in [2.45, 2.75) is 44.4 Å². The molecule has 0 atom stereocenters. The van der Waals surface area contributed by atoms with Crippen LogP contribution < -0.4 is 14.9 Å². The first-order valence-corrected chi connectivity index (χ1v) is 14.7. The van der Waals surface area contributed by atoms with Crippen LogP contribution in [0, 0.1) is 11.8 Å². The van der Waals surface area contributed by atoms with Crippen molar-refractivity contribution >= 4 is 48.6 Å². The molecule has 1 heterocycles. The largest absolute Gasteiger partial charge is 0.356 e. The molecule has 1 fully saturated rings. The summed E-state index contributed by atoms with van der Waals surface area (Å²) in [6, 6.07) is 15.1. The lowest BCUT2D eigenvalue weighted by Gasteiger charge is -2.29. The molecule has 7 nitrogen and oxygen atoms in total. The van der Waals surface area contributed by atoms with Crippen LogP contribution in [0.2, 0.25) is 0 Å². The summed E-state index contributed by atoms with van der Waals surface area (Å²) in [5, 5.41) is 4.56. The summed E-state index contributed by atoms with van der Waals surface area (Å²) in [4.78, 5) is 12.2. The Hall–Kier alpha value is -2.23. The number of nitrogens with one attached hydrogen (secondary N) is 2. The molecule has 2 N–H and O–H groups in total. The number of halogens is 1. The second kappa shape index (κ2) is 11.7. The lowest BCUT2D eigenvalue weighted by molar-refractivity contribution is 0.284. The minimum atomic E-state index is -3.51. The third kappa shape index (κ3) is 6.32. The van der Waals surface area contributed by atoms with Gasteiger partial charge in [-0.25, -0.2) is 18.1 Å². The van der Waals surface area contributed by atoms with Crippen LogP contribution in [0.3, 0.4) is 0 Å². The van der Waals surface area contributed by atoms with Crippen LogP contribution >= 0.6 is 15.9 Å². The molecule has 0 spiro atoms. The Balaban J connectivity index is 1.32. The van der Waals surface area contributed by atoms with Crippen molar-refractivity contribution in [1.82, 2.24) is 14.7 Å². The fourth-order valence-corrected chi connectivity index (χ4v) is 6.86. The van der Waals surface area contributed by atoms with Gasteiger partial charge in [-0.15, -0.1) is 0 Å². The van der Waals surface area contributed by atoms with Gasteiger partial charge in [-0.05, 0) is 91.6 Å². The van der Waals surface area contributed by atoms with Gasteiger partial charge in [0.1, 0.15) is 5.82 Å². The van der Waals surface area contributed by atoms with E-state index in [1.807, 2.05) is 24.3 Å². The molecule has 0 radical (unpaired) electrons. The van der Waals surface area contributed by atoms with Gasteiger partial charge in [0.05, 0.1) is 10.4 Å². The molecule has 1 saturated carbocycles. The number of aromatic nitrogens is 2. The van der Waals surface area contributed by atoms with Crippen molar-refractivity contribution in [3.8, 4) is 0 Å². The highest BCUT2D eigenvalue weighted by atomic mass is 79.9. The number of rotatable bonds is 10. The number of hydrogen-bond donors (Lipinski definition) is 2. The summed E-state index contributed by atoms with van der Waals surface area (Å²) in [5.41, 5.74) is 0.952. The van der Waals surface area contributed by atoms with E-state index >= 15 is 0 Å². The zero-order valence-electron chi connectivity index (χ0n) is 20.4. The smallest absolute Gasteiger partial charge is 0.241 e.